The molecule has 0 saturated carbocycles. The number of nitrogens with one attached hydrogen (secondary N) is 1. The van der Waals surface area contributed by atoms with Crippen molar-refractivity contribution in [1.29, 1.82) is 0 Å². The van der Waals surface area contributed by atoms with Crippen LogP contribution >= 0.6 is 11.3 Å². The highest BCUT2D eigenvalue weighted by atomic mass is 32.1. The summed E-state index contributed by atoms with van der Waals surface area (Å²) in [7, 11) is 1.57. The number of hydrogen-bond acceptors (Lipinski definition) is 7. The number of anilines is 1. The van der Waals surface area contributed by atoms with Gasteiger partial charge in [0.1, 0.15) is 5.01 Å². The number of hydrogen-bond donors (Lipinski definition) is 1. The van der Waals surface area contributed by atoms with Gasteiger partial charge in [-0.25, -0.2) is 0 Å². The van der Waals surface area contributed by atoms with Crippen molar-refractivity contribution < 1.29 is 14.3 Å². The Morgan fingerprint density at radius 2 is 2.09 bits per heavy atom. The molecule has 8 heteroatoms. The molecule has 3 rings (SSSR count). The first-order valence-electron chi connectivity index (χ1n) is 7.26. The number of aromatic nitrogens is 2. The van der Waals surface area contributed by atoms with Crippen LogP contribution in [-0.4, -0.2) is 49.0 Å². The lowest BCUT2D eigenvalue weighted by Crippen LogP contribution is -2.60. The Labute approximate surface area is 138 Å². The van der Waals surface area contributed by atoms with Crippen LogP contribution in [0.4, 0.5) is 5.13 Å². The van der Waals surface area contributed by atoms with Crippen LogP contribution in [-0.2, 0) is 4.79 Å². The topological polar surface area (TPSA) is 76.6 Å². The number of rotatable bonds is 6. The minimum Gasteiger partial charge on any atom is -0.493 e. The van der Waals surface area contributed by atoms with E-state index in [1.807, 2.05) is 19.1 Å². The number of benzene rings is 1. The second-order valence-electron chi connectivity index (χ2n) is 5.21. The molecule has 2 aromatic rings. The summed E-state index contributed by atoms with van der Waals surface area (Å²) in [6, 6.07) is 7.37. The van der Waals surface area contributed by atoms with Crippen LogP contribution in [0.1, 0.15) is 5.01 Å². The van der Waals surface area contributed by atoms with Crippen LogP contribution in [0.15, 0.2) is 24.3 Å². The maximum atomic E-state index is 11.9. The predicted molar refractivity (Wildman–Crippen MR) is 87.3 cm³/mol. The lowest BCUT2D eigenvalue weighted by Gasteiger charge is -2.38. The van der Waals surface area contributed by atoms with E-state index >= 15 is 0 Å². The van der Waals surface area contributed by atoms with Crippen LogP contribution in [0.2, 0.25) is 0 Å². The number of carbonyl (C=O) groups is 1. The minimum absolute atomic E-state index is 0.0329. The third-order valence-corrected chi connectivity index (χ3v) is 4.36. The molecule has 0 atom stereocenters. The third-order valence-electron chi connectivity index (χ3n) is 3.46. The second-order valence-corrected chi connectivity index (χ2v) is 6.37. The number of para-hydroxylation sites is 2. The van der Waals surface area contributed by atoms with Crippen LogP contribution in [0.25, 0.3) is 0 Å². The molecular formula is C15H18N4O3S. The molecular weight excluding hydrogens is 316 g/mol. The maximum Gasteiger partial charge on any atom is 0.258 e. The van der Waals surface area contributed by atoms with E-state index in [0.717, 1.165) is 23.2 Å². The predicted octanol–water partition coefficient (Wildman–Crippen LogP) is 1.24. The van der Waals surface area contributed by atoms with Crippen molar-refractivity contribution in [3.63, 3.8) is 0 Å². The quantitative estimate of drug-likeness (QED) is 0.856. The van der Waals surface area contributed by atoms with E-state index in [1.54, 1.807) is 30.6 Å². The fourth-order valence-electron chi connectivity index (χ4n) is 2.29. The van der Waals surface area contributed by atoms with Gasteiger partial charge in [0.25, 0.3) is 5.91 Å². The van der Waals surface area contributed by atoms with E-state index in [1.165, 1.54) is 0 Å². The van der Waals surface area contributed by atoms with Gasteiger partial charge in [-0.2, -0.15) is 0 Å². The van der Waals surface area contributed by atoms with Crippen molar-refractivity contribution in [2.45, 2.75) is 13.0 Å². The first-order chi connectivity index (χ1) is 11.2. The molecule has 7 nitrogen and oxygen atoms in total. The molecule has 1 saturated heterocycles. The van der Waals surface area contributed by atoms with Gasteiger partial charge in [0.2, 0.25) is 5.13 Å². The Hall–Kier alpha value is -2.35. The Morgan fingerprint density at radius 3 is 2.74 bits per heavy atom. The molecule has 1 aliphatic heterocycles. The van der Waals surface area contributed by atoms with Gasteiger partial charge in [0, 0.05) is 13.1 Å². The van der Waals surface area contributed by atoms with Crippen molar-refractivity contribution in [3.05, 3.63) is 29.3 Å². The zero-order chi connectivity index (χ0) is 16.2. The number of amides is 1. The summed E-state index contributed by atoms with van der Waals surface area (Å²) in [5.41, 5.74) is 0. The molecule has 1 aromatic carbocycles. The second kappa shape index (κ2) is 6.82. The molecule has 23 heavy (non-hydrogen) atoms. The summed E-state index contributed by atoms with van der Waals surface area (Å²) in [5, 5.41) is 12.9. The Bertz CT molecular complexity index is 685. The van der Waals surface area contributed by atoms with E-state index in [9.17, 15) is 4.79 Å². The molecule has 1 N–H and O–H groups in total. The summed E-state index contributed by atoms with van der Waals surface area (Å²) < 4.78 is 10.7. The molecule has 1 aliphatic rings. The molecule has 0 spiro atoms. The summed E-state index contributed by atoms with van der Waals surface area (Å²) in [5.74, 6) is 1.03. The number of carbonyl (C=O) groups excluding carboxylic acids is 1. The van der Waals surface area contributed by atoms with Crippen molar-refractivity contribution >= 4 is 22.4 Å². The Balaban J connectivity index is 1.42. The molecule has 0 aliphatic carbocycles. The van der Waals surface area contributed by atoms with Gasteiger partial charge in [-0.3, -0.25) is 4.79 Å². The number of ether oxygens (including phenoxy) is 2. The highest BCUT2D eigenvalue weighted by Crippen LogP contribution is 2.26. The largest absolute Gasteiger partial charge is 0.493 e. The maximum absolute atomic E-state index is 11.9. The van der Waals surface area contributed by atoms with Gasteiger partial charge in [-0.05, 0) is 19.1 Å². The summed E-state index contributed by atoms with van der Waals surface area (Å²) in [6.45, 7) is 3.38. The fourth-order valence-corrected chi connectivity index (χ4v) is 3.00. The van der Waals surface area contributed by atoms with Crippen molar-refractivity contribution in [3.8, 4) is 11.5 Å². The van der Waals surface area contributed by atoms with E-state index in [4.69, 9.17) is 9.47 Å². The first-order valence-corrected chi connectivity index (χ1v) is 8.07. The van der Waals surface area contributed by atoms with E-state index in [2.05, 4.69) is 20.4 Å². The SMILES string of the molecule is COc1ccccc1OCC(=O)NC1CN(c2nnc(C)s2)C1. The van der Waals surface area contributed by atoms with Crippen LogP contribution in [0, 0.1) is 6.92 Å². The molecule has 122 valence electrons. The average Bonchev–Trinajstić information content (AvgIpc) is 2.94. The molecule has 0 bridgehead atoms. The molecule has 1 fully saturated rings. The highest BCUT2D eigenvalue weighted by Gasteiger charge is 2.30. The molecule has 0 radical (unpaired) electrons. The third kappa shape index (κ3) is 3.70. The Morgan fingerprint density at radius 1 is 1.35 bits per heavy atom. The number of methoxy groups -OCH3 is 1. The van der Waals surface area contributed by atoms with Crippen LogP contribution in [0.5, 0.6) is 11.5 Å². The molecule has 0 unspecified atom stereocenters. The Kier molecular flexibility index (Phi) is 4.61. The fraction of sp³-hybridized carbons (Fsp3) is 0.400. The van der Waals surface area contributed by atoms with Crippen molar-refractivity contribution in [2.24, 2.45) is 0 Å². The van der Waals surface area contributed by atoms with Gasteiger partial charge in [0.05, 0.1) is 13.2 Å². The van der Waals surface area contributed by atoms with E-state index < -0.39 is 0 Å². The summed E-state index contributed by atoms with van der Waals surface area (Å²) in [4.78, 5) is 14.0. The van der Waals surface area contributed by atoms with E-state index in [0.29, 0.717) is 11.5 Å². The van der Waals surface area contributed by atoms with Gasteiger partial charge in [-0.15, -0.1) is 10.2 Å². The van der Waals surface area contributed by atoms with Gasteiger partial charge >= 0.3 is 0 Å². The van der Waals surface area contributed by atoms with Crippen LogP contribution < -0.4 is 19.7 Å². The molecule has 1 amide bonds. The average molecular weight is 334 g/mol. The standard InChI is InChI=1S/C15H18N4O3S/c1-10-17-18-15(23-10)19-7-11(8-19)16-14(20)9-22-13-6-4-3-5-12(13)21-2/h3-6,11H,7-9H2,1-2H3,(H,16,20). The first kappa shape index (κ1) is 15.5. The lowest BCUT2D eigenvalue weighted by molar-refractivity contribution is -0.124. The van der Waals surface area contributed by atoms with Gasteiger partial charge in [-0.1, -0.05) is 23.5 Å². The summed E-state index contributed by atoms with van der Waals surface area (Å²) in [6.07, 6.45) is 0. The molecule has 1 aromatic heterocycles. The normalized spacial score (nSPS) is 14.3. The number of aryl methyl sites for hydroxylation is 1. The van der Waals surface area contributed by atoms with Crippen molar-refractivity contribution in [1.82, 2.24) is 15.5 Å². The van der Waals surface area contributed by atoms with Crippen LogP contribution in [0.3, 0.4) is 0 Å². The van der Waals surface area contributed by atoms with Gasteiger partial charge in [0.15, 0.2) is 18.1 Å². The zero-order valence-corrected chi connectivity index (χ0v) is 13.8. The smallest absolute Gasteiger partial charge is 0.258 e. The van der Waals surface area contributed by atoms with Crippen molar-refractivity contribution in [2.75, 3.05) is 31.7 Å². The summed E-state index contributed by atoms with van der Waals surface area (Å²) >= 11 is 1.56. The highest BCUT2D eigenvalue weighted by molar-refractivity contribution is 7.15. The monoisotopic (exact) mass is 334 g/mol. The van der Waals surface area contributed by atoms with E-state index in [-0.39, 0.29) is 18.6 Å². The van der Waals surface area contributed by atoms with Gasteiger partial charge < -0.3 is 19.7 Å². The zero-order valence-electron chi connectivity index (χ0n) is 13.0. The lowest BCUT2D eigenvalue weighted by atomic mass is 10.1. The molecule has 2 heterocycles. The minimum atomic E-state index is -0.144. The number of nitrogens with zero attached hydrogens (tertiary/aromatic N) is 3.